The summed E-state index contributed by atoms with van der Waals surface area (Å²) in [6.07, 6.45) is 3.54. The second-order valence-electron chi connectivity index (χ2n) is 6.27. The zero-order valence-corrected chi connectivity index (χ0v) is 14.4. The minimum Gasteiger partial charge on any atom is -0.492 e. The molecule has 0 aliphatic carbocycles. The average Bonchev–Trinajstić information content (AvgIpc) is 2.58. The molecule has 0 unspecified atom stereocenters. The van der Waals surface area contributed by atoms with Crippen molar-refractivity contribution in [1.29, 1.82) is 0 Å². The highest BCUT2D eigenvalue weighted by molar-refractivity contribution is 5.78. The Kier molecular flexibility index (Phi) is 7.98. The first-order valence-electron chi connectivity index (χ1n) is 8.69. The largest absolute Gasteiger partial charge is 0.492 e. The molecular weight excluding hydrogens is 309 g/mol. The van der Waals surface area contributed by atoms with Crippen LogP contribution in [0.5, 0.6) is 5.75 Å². The van der Waals surface area contributed by atoms with Crippen LogP contribution >= 0.6 is 0 Å². The maximum Gasteiger partial charge on any atom is 0.234 e. The number of benzene rings is 1. The molecule has 1 fully saturated rings. The third-order valence-corrected chi connectivity index (χ3v) is 4.37. The van der Waals surface area contributed by atoms with Crippen molar-refractivity contribution in [3.63, 3.8) is 0 Å². The molecule has 2 N–H and O–H groups in total. The van der Waals surface area contributed by atoms with E-state index in [1.54, 1.807) is 12.1 Å². The van der Waals surface area contributed by atoms with E-state index in [1.807, 2.05) is 7.05 Å². The van der Waals surface area contributed by atoms with Crippen molar-refractivity contribution in [2.24, 2.45) is 5.92 Å². The smallest absolute Gasteiger partial charge is 0.234 e. The van der Waals surface area contributed by atoms with Gasteiger partial charge in [0.2, 0.25) is 5.91 Å². The van der Waals surface area contributed by atoms with E-state index >= 15 is 0 Å². The van der Waals surface area contributed by atoms with Gasteiger partial charge in [-0.2, -0.15) is 0 Å². The van der Waals surface area contributed by atoms with Crippen LogP contribution in [-0.2, 0) is 4.79 Å². The predicted octanol–water partition coefficient (Wildman–Crippen LogP) is 1.64. The lowest BCUT2D eigenvalue weighted by Crippen LogP contribution is -2.42. The van der Waals surface area contributed by atoms with Crippen LogP contribution in [0.25, 0.3) is 0 Å². The Balaban J connectivity index is 1.55. The number of nitrogens with zero attached hydrogens (tertiary/aromatic N) is 1. The van der Waals surface area contributed by atoms with Crippen molar-refractivity contribution in [2.45, 2.75) is 19.3 Å². The number of hydrogen-bond donors (Lipinski definition) is 2. The van der Waals surface area contributed by atoms with Crippen molar-refractivity contribution in [3.8, 4) is 5.75 Å². The summed E-state index contributed by atoms with van der Waals surface area (Å²) < 4.78 is 18.4. The van der Waals surface area contributed by atoms with Crippen LogP contribution in [0.4, 0.5) is 4.39 Å². The van der Waals surface area contributed by atoms with E-state index in [0.717, 1.165) is 38.4 Å². The van der Waals surface area contributed by atoms with Crippen molar-refractivity contribution in [1.82, 2.24) is 15.5 Å². The highest BCUT2D eigenvalue weighted by atomic mass is 19.1. The molecule has 0 aromatic heterocycles. The zero-order chi connectivity index (χ0) is 17.2. The number of amides is 1. The molecule has 0 saturated carbocycles. The number of ether oxygens (including phenoxy) is 1. The van der Waals surface area contributed by atoms with E-state index in [0.29, 0.717) is 25.4 Å². The van der Waals surface area contributed by atoms with Crippen molar-refractivity contribution < 1.29 is 13.9 Å². The fourth-order valence-electron chi connectivity index (χ4n) is 2.96. The summed E-state index contributed by atoms with van der Waals surface area (Å²) in [5.74, 6) is 0.950. The van der Waals surface area contributed by atoms with E-state index in [1.165, 1.54) is 18.6 Å². The highest BCUT2D eigenvalue weighted by Gasteiger charge is 2.20. The summed E-state index contributed by atoms with van der Waals surface area (Å²) in [4.78, 5) is 14.2. The second-order valence-corrected chi connectivity index (χ2v) is 6.27. The molecule has 1 aromatic rings. The Bertz CT molecular complexity index is 505. The molecule has 2 rings (SSSR count). The molecule has 0 spiro atoms. The molecular formula is C18H28FN3O2. The Morgan fingerprint density at radius 1 is 1.33 bits per heavy atom. The molecule has 1 amide bonds. The maximum absolute atomic E-state index is 13.0. The molecule has 0 radical (unpaired) electrons. The van der Waals surface area contributed by atoms with Gasteiger partial charge in [-0.1, -0.05) is 6.07 Å². The maximum atomic E-state index is 13.0. The topological polar surface area (TPSA) is 53.6 Å². The number of halogens is 1. The fourth-order valence-corrected chi connectivity index (χ4v) is 2.96. The van der Waals surface area contributed by atoms with Crippen molar-refractivity contribution >= 4 is 5.91 Å². The summed E-state index contributed by atoms with van der Waals surface area (Å²) >= 11 is 0. The van der Waals surface area contributed by atoms with Crippen molar-refractivity contribution in [3.05, 3.63) is 30.1 Å². The fraction of sp³-hybridized carbons (Fsp3) is 0.611. The first-order valence-corrected chi connectivity index (χ1v) is 8.69. The third kappa shape index (κ3) is 6.84. The number of carbonyl (C=O) groups is 1. The van der Waals surface area contributed by atoms with E-state index in [4.69, 9.17) is 4.74 Å². The quantitative estimate of drug-likeness (QED) is 0.673. The average molecular weight is 337 g/mol. The molecule has 0 atom stereocenters. The number of piperidine rings is 1. The number of likely N-dealkylation sites (tertiary alicyclic amines) is 1. The number of carbonyl (C=O) groups excluding carboxylic acids is 1. The van der Waals surface area contributed by atoms with Gasteiger partial charge < -0.3 is 15.4 Å². The molecule has 134 valence electrons. The first kappa shape index (κ1) is 18.7. The molecule has 24 heavy (non-hydrogen) atoms. The molecule has 1 aliphatic rings. The molecule has 6 heteroatoms. The summed E-state index contributed by atoms with van der Waals surface area (Å²) in [5, 5.41) is 6.04. The van der Waals surface area contributed by atoms with Crippen LogP contribution < -0.4 is 15.4 Å². The number of rotatable bonds is 9. The monoisotopic (exact) mass is 337 g/mol. The van der Waals surface area contributed by atoms with Gasteiger partial charge in [-0.3, -0.25) is 9.69 Å². The second kappa shape index (κ2) is 10.3. The SMILES string of the molecule is CNCCC1CCN(CC(=O)NCCOc2cccc(F)c2)CC1. The Morgan fingerprint density at radius 3 is 2.83 bits per heavy atom. The summed E-state index contributed by atoms with van der Waals surface area (Å²) in [5.41, 5.74) is 0. The minimum atomic E-state index is -0.324. The van der Waals surface area contributed by atoms with Gasteiger partial charge in [0.15, 0.2) is 0 Å². The highest BCUT2D eigenvalue weighted by Crippen LogP contribution is 2.19. The first-order chi connectivity index (χ1) is 11.7. The Labute approximate surface area is 143 Å². The molecule has 0 bridgehead atoms. The molecule has 1 heterocycles. The molecule has 1 aliphatic heterocycles. The van der Waals surface area contributed by atoms with Crippen LogP contribution in [0.3, 0.4) is 0 Å². The van der Waals surface area contributed by atoms with Gasteiger partial charge in [0.05, 0.1) is 13.1 Å². The molecule has 1 saturated heterocycles. The van der Waals surface area contributed by atoms with Crippen molar-refractivity contribution in [2.75, 3.05) is 46.4 Å². The Morgan fingerprint density at radius 2 is 2.12 bits per heavy atom. The van der Waals surface area contributed by atoms with Gasteiger partial charge in [-0.05, 0) is 64.0 Å². The van der Waals surface area contributed by atoms with Gasteiger partial charge in [0.25, 0.3) is 0 Å². The molecule has 5 nitrogen and oxygen atoms in total. The lowest BCUT2D eigenvalue weighted by atomic mass is 9.93. The van der Waals surface area contributed by atoms with Crippen LogP contribution in [0.2, 0.25) is 0 Å². The minimum absolute atomic E-state index is 0.0199. The summed E-state index contributed by atoms with van der Waals surface area (Å²) in [7, 11) is 1.98. The predicted molar refractivity (Wildman–Crippen MR) is 92.6 cm³/mol. The standard InChI is InChI=1S/C18H28FN3O2/c1-20-8-5-15-6-10-22(11-7-15)14-18(23)21-9-12-24-17-4-2-3-16(19)13-17/h2-4,13,15,20H,5-12,14H2,1H3,(H,21,23). The van der Waals surface area contributed by atoms with E-state index in [2.05, 4.69) is 15.5 Å². The van der Waals surface area contributed by atoms with Gasteiger partial charge in [0, 0.05) is 6.07 Å². The Hall–Kier alpha value is -1.66. The number of nitrogens with one attached hydrogen (secondary N) is 2. The lowest BCUT2D eigenvalue weighted by Gasteiger charge is -2.31. The van der Waals surface area contributed by atoms with Gasteiger partial charge in [-0.25, -0.2) is 4.39 Å². The summed E-state index contributed by atoms with van der Waals surface area (Å²) in [6, 6.07) is 6.00. The van der Waals surface area contributed by atoms with E-state index in [9.17, 15) is 9.18 Å². The van der Waals surface area contributed by atoms with Gasteiger partial charge in [0.1, 0.15) is 18.2 Å². The lowest BCUT2D eigenvalue weighted by molar-refractivity contribution is -0.122. The van der Waals surface area contributed by atoms with Crippen LogP contribution in [0.15, 0.2) is 24.3 Å². The summed E-state index contributed by atoms with van der Waals surface area (Å²) in [6.45, 7) is 4.24. The van der Waals surface area contributed by atoms with E-state index < -0.39 is 0 Å². The third-order valence-electron chi connectivity index (χ3n) is 4.37. The van der Waals surface area contributed by atoms with E-state index in [-0.39, 0.29) is 11.7 Å². The van der Waals surface area contributed by atoms with Crippen LogP contribution in [-0.4, -0.2) is 57.2 Å². The normalized spacial score (nSPS) is 16.1. The van der Waals surface area contributed by atoms with Gasteiger partial charge in [-0.15, -0.1) is 0 Å². The molecule has 1 aromatic carbocycles. The zero-order valence-electron chi connectivity index (χ0n) is 14.4. The van der Waals surface area contributed by atoms with Crippen LogP contribution in [0.1, 0.15) is 19.3 Å². The van der Waals surface area contributed by atoms with Crippen LogP contribution in [0, 0.1) is 11.7 Å². The number of hydrogen-bond acceptors (Lipinski definition) is 4. The van der Waals surface area contributed by atoms with Gasteiger partial charge >= 0.3 is 0 Å².